The van der Waals surface area contributed by atoms with Crippen LogP contribution in [0.3, 0.4) is 0 Å². The molecule has 0 saturated carbocycles. The summed E-state index contributed by atoms with van der Waals surface area (Å²) >= 11 is 0. The van der Waals surface area contributed by atoms with Gasteiger partial charge < -0.3 is 9.26 Å². The first-order valence-electron chi connectivity index (χ1n) is 11.6. The third-order valence-corrected chi connectivity index (χ3v) is 5.53. The predicted molar refractivity (Wildman–Crippen MR) is 132 cm³/mol. The number of ether oxygens (including phenoxy) is 1. The van der Waals surface area contributed by atoms with Gasteiger partial charge in [0.25, 0.3) is 0 Å². The van der Waals surface area contributed by atoms with Gasteiger partial charge in [-0.3, -0.25) is 0 Å². The molecule has 36 heavy (non-hydrogen) atoms. The summed E-state index contributed by atoms with van der Waals surface area (Å²) in [6.07, 6.45) is 1.01. The lowest BCUT2D eigenvalue weighted by molar-refractivity contribution is -0.248. The fraction of sp³-hybridized carbons (Fsp3) is 0.185. The number of hydrogen-bond acceptors (Lipinski definition) is 8. The maximum absolute atomic E-state index is 12.4. The predicted octanol–water partition coefficient (Wildman–Crippen LogP) is 5.38. The van der Waals surface area contributed by atoms with Gasteiger partial charge in [-0.05, 0) is 70.9 Å². The Morgan fingerprint density at radius 1 is 0.972 bits per heavy atom. The van der Waals surface area contributed by atoms with Crippen LogP contribution in [0.15, 0.2) is 83.4 Å². The molecule has 0 unspecified atom stereocenters. The van der Waals surface area contributed by atoms with Gasteiger partial charge in [0, 0.05) is 17.2 Å². The highest BCUT2D eigenvalue weighted by Gasteiger charge is 2.14. The second-order valence-electron chi connectivity index (χ2n) is 8.61. The molecular weight excluding hydrogens is 460 g/mol. The van der Waals surface area contributed by atoms with Crippen molar-refractivity contribution in [2.45, 2.75) is 20.3 Å². The second kappa shape index (κ2) is 10.3. The van der Waals surface area contributed by atoms with Gasteiger partial charge in [-0.1, -0.05) is 43.3 Å². The Morgan fingerprint density at radius 2 is 1.72 bits per heavy atom. The molecule has 2 heterocycles. The molecule has 9 nitrogen and oxygen atoms in total. The molecule has 2 aromatic heterocycles. The molecule has 0 amide bonds. The maximum atomic E-state index is 12.4. The van der Waals surface area contributed by atoms with E-state index < -0.39 is 5.97 Å². The molecule has 3 aromatic carbocycles. The molecule has 0 radical (unpaired) electrons. The summed E-state index contributed by atoms with van der Waals surface area (Å²) in [6, 6.07) is 23.5. The molecule has 9 heteroatoms. The van der Waals surface area contributed by atoms with Gasteiger partial charge in [0.1, 0.15) is 22.5 Å². The quantitative estimate of drug-likeness (QED) is 0.203. The number of benzene rings is 3. The van der Waals surface area contributed by atoms with Crippen LogP contribution in [0.2, 0.25) is 0 Å². The topological polar surface area (TPSA) is 102 Å². The highest BCUT2D eigenvalue weighted by molar-refractivity contribution is 5.89. The minimum Gasteiger partial charge on any atom is -0.494 e. The lowest BCUT2D eigenvalue weighted by atomic mass is 10.1. The first-order valence-corrected chi connectivity index (χ1v) is 11.6. The van der Waals surface area contributed by atoms with Crippen LogP contribution in [0, 0.1) is 5.92 Å². The molecule has 0 aliphatic heterocycles. The highest BCUT2D eigenvalue weighted by atomic mass is 17.3. The zero-order valence-electron chi connectivity index (χ0n) is 19.8. The van der Waals surface area contributed by atoms with Crippen molar-refractivity contribution in [2.24, 2.45) is 5.92 Å². The Bertz CT molecular complexity index is 1460. The average molecular weight is 485 g/mol. The van der Waals surface area contributed by atoms with E-state index in [2.05, 4.69) is 29.3 Å². The summed E-state index contributed by atoms with van der Waals surface area (Å²) in [6.45, 7) is 5.03. The number of fused-ring (bicyclic) bond motifs is 1. The van der Waals surface area contributed by atoms with E-state index in [1.807, 2.05) is 36.4 Å². The SMILES string of the molecule is CC(C)CCOc1ccc(-c2cc(-c3ccc(C(=O)OOn4nnc5ccccc54)cc3)no2)cc1. The summed E-state index contributed by atoms with van der Waals surface area (Å²) < 4.78 is 11.3. The number of nitrogens with zero attached hydrogens (tertiary/aromatic N) is 4. The third kappa shape index (κ3) is 5.20. The Balaban J connectivity index is 1.20. The lowest BCUT2D eigenvalue weighted by Crippen LogP contribution is -2.18. The summed E-state index contributed by atoms with van der Waals surface area (Å²) in [5.74, 6) is 1.39. The normalized spacial score (nSPS) is 11.1. The smallest absolute Gasteiger partial charge is 0.388 e. The summed E-state index contributed by atoms with van der Waals surface area (Å²) in [5, 5.41) is 11.9. The van der Waals surface area contributed by atoms with Crippen LogP contribution in [0.25, 0.3) is 33.6 Å². The molecule has 5 rings (SSSR count). The van der Waals surface area contributed by atoms with Crippen LogP contribution in [0.1, 0.15) is 30.6 Å². The van der Waals surface area contributed by atoms with E-state index in [9.17, 15) is 4.79 Å². The van der Waals surface area contributed by atoms with Gasteiger partial charge in [-0.2, -0.15) is 4.99 Å². The molecule has 0 spiro atoms. The monoisotopic (exact) mass is 484 g/mol. The molecule has 0 aliphatic carbocycles. The first-order chi connectivity index (χ1) is 17.6. The van der Waals surface area contributed by atoms with Gasteiger partial charge in [-0.15, -0.1) is 5.10 Å². The van der Waals surface area contributed by atoms with E-state index in [1.54, 1.807) is 42.5 Å². The van der Waals surface area contributed by atoms with Crippen molar-refractivity contribution in [3.63, 3.8) is 0 Å². The van der Waals surface area contributed by atoms with Crippen LogP contribution in [0.4, 0.5) is 0 Å². The van der Waals surface area contributed by atoms with Crippen molar-refractivity contribution in [1.29, 1.82) is 0 Å². The van der Waals surface area contributed by atoms with Crippen molar-refractivity contribution in [1.82, 2.24) is 20.3 Å². The summed E-state index contributed by atoms with van der Waals surface area (Å²) in [5.41, 5.74) is 3.83. The van der Waals surface area contributed by atoms with Gasteiger partial charge in [0.15, 0.2) is 5.76 Å². The van der Waals surface area contributed by atoms with Gasteiger partial charge >= 0.3 is 5.97 Å². The minimum absolute atomic E-state index is 0.306. The Hall–Kier alpha value is -4.66. The molecule has 0 N–H and O–H groups in total. The van der Waals surface area contributed by atoms with Crippen molar-refractivity contribution < 1.29 is 23.9 Å². The molecule has 182 valence electrons. The molecular formula is C27H24N4O5. The summed E-state index contributed by atoms with van der Waals surface area (Å²) in [4.78, 5) is 23.4. The van der Waals surface area contributed by atoms with Crippen LogP contribution < -0.4 is 9.73 Å². The lowest BCUT2D eigenvalue weighted by Gasteiger charge is -2.08. The molecule has 5 aromatic rings. The number of hydrogen-bond donors (Lipinski definition) is 0. The van der Waals surface area contributed by atoms with Crippen molar-refractivity contribution >= 4 is 17.0 Å². The molecule has 0 saturated heterocycles. The molecule has 0 fully saturated rings. The van der Waals surface area contributed by atoms with E-state index in [0.29, 0.717) is 40.6 Å². The maximum Gasteiger partial charge on any atom is 0.388 e. The summed E-state index contributed by atoms with van der Waals surface area (Å²) in [7, 11) is 0. The fourth-order valence-corrected chi connectivity index (χ4v) is 3.47. The molecule has 0 aliphatic rings. The van der Waals surface area contributed by atoms with E-state index in [-0.39, 0.29) is 0 Å². The molecule has 0 atom stereocenters. The van der Waals surface area contributed by atoms with E-state index in [1.165, 1.54) is 0 Å². The minimum atomic E-state index is -0.669. The second-order valence-corrected chi connectivity index (χ2v) is 8.61. The number of aromatic nitrogens is 4. The Labute approximate surface area is 207 Å². The van der Waals surface area contributed by atoms with E-state index >= 15 is 0 Å². The van der Waals surface area contributed by atoms with Gasteiger partial charge in [0.2, 0.25) is 0 Å². The average Bonchev–Trinajstić information content (AvgIpc) is 3.55. The zero-order chi connectivity index (χ0) is 24.9. The van der Waals surface area contributed by atoms with Gasteiger partial charge in [0.05, 0.1) is 12.2 Å². The molecule has 0 bridgehead atoms. The standard InChI is InChI=1S/C27H24N4O5/c1-18(2)15-16-33-22-13-11-20(12-14-22)26-17-24(29-34-26)19-7-9-21(10-8-19)27(32)35-36-31-25-6-4-3-5-23(25)28-30-31/h3-14,17-18H,15-16H2,1-2H3. The van der Waals surface area contributed by atoms with Crippen LogP contribution in [0.5, 0.6) is 5.75 Å². The van der Waals surface area contributed by atoms with Gasteiger partial charge in [-0.25, -0.2) is 9.68 Å². The zero-order valence-corrected chi connectivity index (χ0v) is 19.8. The van der Waals surface area contributed by atoms with Crippen LogP contribution >= 0.6 is 0 Å². The van der Waals surface area contributed by atoms with Crippen molar-refractivity contribution in [3.05, 3.63) is 84.4 Å². The van der Waals surface area contributed by atoms with Crippen LogP contribution in [-0.4, -0.2) is 32.9 Å². The van der Waals surface area contributed by atoms with Crippen molar-refractivity contribution in [2.75, 3.05) is 6.61 Å². The van der Waals surface area contributed by atoms with Crippen molar-refractivity contribution in [3.8, 4) is 28.3 Å². The highest BCUT2D eigenvalue weighted by Crippen LogP contribution is 2.28. The number of rotatable bonds is 9. The Morgan fingerprint density at radius 3 is 2.50 bits per heavy atom. The number of carbonyl (C=O) groups excluding carboxylic acids is 1. The van der Waals surface area contributed by atoms with E-state index in [0.717, 1.165) is 28.1 Å². The Kier molecular flexibility index (Phi) is 6.61. The number of para-hydroxylation sites is 1. The fourth-order valence-electron chi connectivity index (χ4n) is 3.47. The third-order valence-electron chi connectivity index (χ3n) is 5.53. The van der Waals surface area contributed by atoms with Crippen LogP contribution in [-0.2, 0) is 4.89 Å². The van der Waals surface area contributed by atoms with E-state index in [4.69, 9.17) is 19.1 Å². The number of carbonyl (C=O) groups is 1. The largest absolute Gasteiger partial charge is 0.494 e. The first kappa shape index (κ1) is 23.1.